The summed E-state index contributed by atoms with van der Waals surface area (Å²) < 4.78 is 42.2. The minimum absolute atomic E-state index is 0.230. The summed E-state index contributed by atoms with van der Waals surface area (Å²) in [6.45, 7) is 0.715. The fourth-order valence-corrected chi connectivity index (χ4v) is 2.94. The van der Waals surface area contributed by atoms with Crippen molar-refractivity contribution in [1.82, 2.24) is 30.6 Å². The van der Waals surface area contributed by atoms with Gasteiger partial charge >= 0.3 is 12.1 Å². The minimum Gasteiger partial charge on any atom is -0.350 e. The van der Waals surface area contributed by atoms with E-state index in [4.69, 9.17) is 0 Å². The van der Waals surface area contributed by atoms with Crippen molar-refractivity contribution >= 4 is 11.9 Å². The van der Waals surface area contributed by atoms with Gasteiger partial charge < -0.3 is 14.7 Å². The molecule has 4 aromatic rings. The fourth-order valence-electron chi connectivity index (χ4n) is 2.94. The number of hydrogen-bond acceptors (Lipinski definition) is 7. The average Bonchev–Trinajstić information content (AvgIpc) is 3.50. The zero-order chi connectivity index (χ0) is 23.4. The molecule has 0 aliphatic rings. The smallest absolute Gasteiger partial charge is 0.350 e. The van der Waals surface area contributed by atoms with E-state index in [0.717, 1.165) is 5.56 Å². The number of benzene rings is 2. The van der Waals surface area contributed by atoms with E-state index in [9.17, 15) is 18.0 Å². The van der Waals surface area contributed by atoms with Gasteiger partial charge in [-0.3, -0.25) is 9.89 Å². The lowest BCUT2D eigenvalue weighted by Gasteiger charge is -2.15. The molecule has 0 unspecified atom stereocenters. The monoisotopic (exact) mass is 457 g/mol. The predicted octanol–water partition coefficient (Wildman–Crippen LogP) is 3.41. The first kappa shape index (κ1) is 22.0. The second kappa shape index (κ2) is 9.10. The number of aromatic nitrogens is 5. The SMILES string of the molecule is CN(CCNC(=O)c1cccc(-c2noc(C(F)(F)F)n2)c1)c1n[nH]c(-c2ccccc2)n1. The van der Waals surface area contributed by atoms with Crippen LogP contribution in [-0.4, -0.2) is 51.4 Å². The van der Waals surface area contributed by atoms with Crippen LogP contribution in [0, 0.1) is 0 Å². The van der Waals surface area contributed by atoms with Gasteiger partial charge in [0.2, 0.25) is 11.8 Å². The zero-order valence-corrected chi connectivity index (χ0v) is 17.3. The van der Waals surface area contributed by atoms with Gasteiger partial charge in [-0.25, -0.2) is 0 Å². The highest BCUT2D eigenvalue weighted by atomic mass is 19.4. The standard InChI is InChI=1S/C21H18F3N7O2/c1-31(20-27-16(28-29-20)13-6-3-2-4-7-13)11-10-25-18(32)15-9-5-8-14(12-15)17-26-19(33-30-17)21(22,23)24/h2-9,12H,10-11H2,1H3,(H,25,32)(H,27,28,29). The van der Waals surface area contributed by atoms with Crippen LogP contribution in [0.15, 0.2) is 59.1 Å². The van der Waals surface area contributed by atoms with Gasteiger partial charge in [-0.1, -0.05) is 47.6 Å². The Balaban J connectivity index is 1.34. The van der Waals surface area contributed by atoms with Crippen molar-refractivity contribution in [3.63, 3.8) is 0 Å². The van der Waals surface area contributed by atoms with E-state index in [-0.39, 0.29) is 23.5 Å². The van der Waals surface area contributed by atoms with Crippen LogP contribution in [0.3, 0.4) is 0 Å². The van der Waals surface area contributed by atoms with Crippen molar-refractivity contribution in [3.05, 3.63) is 66.1 Å². The summed E-state index contributed by atoms with van der Waals surface area (Å²) in [7, 11) is 1.79. The molecule has 0 bridgehead atoms. The summed E-state index contributed by atoms with van der Waals surface area (Å²) in [4.78, 5) is 22.0. The van der Waals surface area contributed by atoms with Gasteiger partial charge in [0.25, 0.3) is 5.91 Å². The molecule has 0 radical (unpaired) electrons. The van der Waals surface area contributed by atoms with Gasteiger partial charge in [0.15, 0.2) is 5.82 Å². The molecule has 0 fully saturated rings. The predicted molar refractivity (Wildman–Crippen MR) is 112 cm³/mol. The number of nitrogens with zero attached hydrogens (tertiary/aromatic N) is 5. The summed E-state index contributed by atoms with van der Waals surface area (Å²) in [5, 5.41) is 13.2. The largest absolute Gasteiger partial charge is 0.471 e. The molecular weight excluding hydrogens is 439 g/mol. The Morgan fingerprint density at radius 2 is 1.85 bits per heavy atom. The number of halogens is 3. The number of nitrogens with one attached hydrogen (secondary N) is 2. The molecule has 170 valence electrons. The second-order valence-corrected chi connectivity index (χ2v) is 7.03. The number of hydrogen-bond donors (Lipinski definition) is 2. The van der Waals surface area contributed by atoms with Crippen LogP contribution in [0.25, 0.3) is 22.8 Å². The molecule has 33 heavy (non-hydrogen) atoms. The Morgan fingerprint density at radius 1 is 1.09 bits per heavy atom. The summed E-state index contributed by atoms with van der Waals surface area (Å²) in [5.74, 6) is -0.991. The highest BCUT2D eigenvalue weighted by Gasteiger charge is 2.38. The first-order valence-corrected chi connectivity index (χ1v) is 9.80. The van der Waals surface area contributed by atoms with Crippen LogP contribution in [-0.2, 0) is 6.18 Å². The molecule has 0 atom stereocenters. The maximum Gasteiger partial charge on any atom is 0.471 e. The van der Waals surface area contributed by atoms with Crippen molar-refractivity contribution < 1.29 is 22.5 Å². The third-order valence-corrected chi connectivity index (χ3v) is 4.65. The zero-order valence-electron chi connectivity index (χ0n) is 17.3. The van der Waals surface area contributed by atoms with Gasteiger partial charge in [-0.15, -0.1) is 5.10 Å². The Hall–Kier alpha value is -4.22. The van der Waals surface area contributed by atoms with Crippen molar-refractivity contribution in [2.75, 3.05) is 25.0 Å². The number of H-pyrrole nitrogens is 1. The number of aromatic amines is 1. The number of anilines is 1. The highest BCUT2D eigenvalue weighted by molar-refractivity contribution is 5.95. The fraction of sp³-hybridized carbons (Fsp3) is 0.190. The van der Waals surface area contributed by atoms with Crippen LogP contribution in [0.4, 0.5) is 19.1 Å². The van der Waals surface area contributed by atoms with Gasteiger partial charge in [-0.05, 0) is 12.1 Å². The molecule has 2 aromatic heterocycles. The topological polar surface area (TPSA) is 113 Å². The van der Waals surface area contributed by atoms with Crippen LogP contribution in [0.5, 0.6) is 0 Å². The van der Waals surface area contributed by atoms with E-state index in [1.54, 1.807) is 11.9 Å². The molecule has 0 aliphatic carbocycles. The Morgan fingerprint density at radius 3 is 2.58 bits per heavy atom. The lowest BCUT2D eigenvalue weighted by molar-refractivity contribution is -0.159. The van der Waals surface area contributed by atoms with Crippen molar-refractivity contribution in [2.45, 2.75) is 6.18 Å². The molecule has 0 saturated heterocycles. The minimum atomic E-state index is -4.74. The van der Waals surface area contributed by atoms with Crippen LogP contribution in [0.1, 0.15) is 16.2 Å². The molecule has 9 nitrogen and oxygen atoms in total. The third-order valence-electron chi connectivity index (χ3n) is 4.65. The first-order chi connectivity index (χ1) is 15.8. The average molecular weight is 457 g/mol. The van der Waals surface area contributed by atoms with E-state index >= 15 is 0 Å². The number of rotatable bonds is 7. The molecule has 4 rings (SSSR count). The Kier molecular flexibility index (Phi) is 6.07. The number of likely N-dealkylation sites (N-methyl/N-ethyl adjacent to an activating group) is 1. The van der Waals surface area contributed by atoms with Crippen LogP contribution >= 0.6 is 0 Å². The van der Waals surface area contributed by atoms with Gasteiger partial charge in [-0.2, -0.15) is 23.1 Å². The van der Waals surface area contributed by atoms with E-state index in [2.05, 4.69) is 35.2 Å². The molecule has 2 N–H and O–H groups in total. The van der Waals surface area contributed by atoms with E-state index in [1.807, 2.05) is 30.3 Å². The van der Waals surface area contributed by atoms with Crippen molar-refractivity contribution in [1.29, 1.82) is 0 Å². The van der Waals surface area contributed by atoms with Crippen LogP contribution < -0.4 is 10.2 Å². The summed E-state index contributed by atoms with van der Waals surface area (Å²) in [6.07, 6.45) is -4.74. The lowest BCUT2D eigenvalue weighted by atomic mass is 10.1. The van der Waals surface area contributed by atoms with Gasteiger partial charge in [0, 0.05) is 36.8 Å². The number of alkyl halides is 3. The molecule has 1 amide bonds. The van der Waals surface area contributed by atoms with Crippen LogP contribution in [0.2, 0.25) is 0 Å². The highest BCUT2D eigenvalue weighted by Crippen LogP contribution is 2.29. The molecule has 2 aromatic carbocycles. The molecule has 2 heterocycles. The summed E-state index contributed by atoms with van der Waals surface area (Å²) in [6, 6.07) is 15.5. The molecular formula is C21H18F3N7O2. The Bertz CT molecular complexity index is 1240. The number of amides is 1. The quantitative estimate of drug-likeness (QED) is 0.437. The van der Waals surface area contributed by atoms with E-state index in [1.165, 1.54) is 24.3 Å². The summed E-state index contributed by atoms with van der Waals surface area (Å²) in [5.41, 5.74) is 1.38. The van der Waals surface area contributed by atoms with Crippen molar-refractivity contribution in [2.24, 2.45) is 0 Å². The normalized spacial score (nSPS) is 11.4. The molecule has 12 heteroatoms. The Labute approximate surface area is 185 Å². The molecule has 0 aliphatic heterocycles. The van der Waals surface area contributed by atoms with Gasteiger partial charge in [0.05, 0.1) is 0 Å². The maximum absolute atomic E-state index is 12.7. The van der Waals surface area contributed by atoms with Gasteiger partial charge in [0.1, 0.15) is 0 Å². The van der Waals surface area contributed by atoms with E-state index in [0.29, 0.717) is 18.3 Å². The number of carbonyl (C=O) groups is 1. The lowest BCUT2D eigenvalue weighted by Crippen LogP contribution is -2.33. The molecule has 0 saturated carbocycles. The van der Waals surface area contributed by atoms with E-state index < -0.39 is 18.0 Å². The van der Waals surface area contributed by atoms with Crippen molar-refractivity contribution in [3.8, 4) is 22.8 Å². The second-order valence-electron chi connectivity index (χ2n) is 7.03. The maximum atomic E-state index is 12.7. The third kappa shape index (κ3) is 5.17. The first-order valence-electron chi connectivity index (χ1n) is 9.80. The summed E-state index contributed by atoms with van der Waals surface area (Å²) >= 11 is 0. The number of carbonyl (C=O) groups excluding carboxylic acids is 1. The molecule has 0 spiro atoms.